The van der Waals surface area contributed by atoms with Crippen molar-refractivity contribution in [1.29, 1.82) is 0 Å². The fraction of sp³-hybridized carbons (Fsp3) is 0.263. The SMILES string of the molecule is COc1cc(OC)c(Cl)c(N2Cc3cnc(Nc4cn(C)nc4N)nc3N(C)C2=O)c1Cl.COc1cc(OC)c(Cl)c(N2Cc3cnc(Nc4cnn(C)c4N)nc3N(C)C2=O)c1Cl. The minimum Gasteiger partial charge on any atom is -0.495 e. The number of carbonyl (C=O) groups excluding carboxylic acids is 2. The molecule has 0 saturated carbocycles. The van der Waals surface area contributed by atoms with E-state index in [2.05, 4.69) is 40.8 Å². The molecule has 6 N–H and O–H groups in total. The van der Waals surface area contributed by atoms with Gasteiger partial charge in [0.1, 0.15) is 71.9 Å². The van der Waals surface area contributed by atoms with Gasteiger partial charge in [-0.05, 0) is 0 Å². The fourth-order valence-electron chi connectivity index (χ4n) is 6.69. The number of hydrogen-bond donors (Lipinski definition) is 4. The lowest BCUT2D eigenvalue weighted by Crippen LogP contribution is -2.46. The Morgan fingerprint density at radius 1 is 0.625 bits per heavy atom. The molecule has 26 heteroatoms. The number of aromatic nitrogens is 8. The Kier molecular flexibility index (Phi) is 12.8. The molecule has 2 aromatic carbocycles. The summed E-state index contributed by atoms with van der Waals surface area (Å²) in [6, 6.07) is 2.35. The van der Waals surface area contributed by atoms with Gasteiger partial charge in [0.15, 0.2) is 5.82 Å². The van der Waals surface area contributed by atoms with E-state index < -0.39 is 0 Å². The molecule has 8 rings (SSSR count). The summed E-state index contributed by atoms with van der Waals surface area (Å²) in [5, 5.41) is 14.9. The van der Waals surface area contributed by atoms with Gasteiger partial charge in [0.25, 0.3) is 0 Å². The Morgan fingerprint density at radius 2 is 1.03 bits per heavy atom. The van der Waals surface area contributed by atoms with Crippen LogP contribution in [0.25, 0.3) is 0 Å². The minimum atomic E-state index is -0.387. The smallest absolute Gasteiger partial charge is 0.330 e. The van der Waals surface area contributed by atoms with Gasteiger partial charge in [-0.3, -0.25) is 29.0 Å². The van der Waals surface area contributed by atoms with Crippen LogP contribution < -0.4 is 60.6 Å². The van der Waals surface area contributed by atoms with E-state index in [1.54, 1.807) is 69.8 Å². The highest BCUT2D eigenvalue weighted by Gasteiger charge is 2.36. The number of rotatable bonds is 10. The highest BCUT2D eigenvalue weighted by atomic mass is 35.5. The van der Waals surface area contributed by atoms with Crippen molar-refractivity contribution in [3.63, 3.8) is 0 Å². The molecular weight excluding hydrogens is 918 g/mol. The van der Waals surface area contributed by atoms with Crippen LogP contribution in [-0.2, 0) is 27.2 Å². The number of nitrogens with zero attached hydrogens (tertiary/aromatic N) is 12. The number of urea groups is 2. The van der Waals surface area contributed by atoms with Gasteiger partial charge in [-0.1, -0.05) is 46.4 Å². The van der Waals surface area contributed by atoms with Crippen molar-refractivity contribution < 1.29 is 28.5 Å². The fourth-order valence-corrected chi connectivity index (χ4v) is 8.10. The van der Waals surface area contributed by atoms with E-state index in [9.17, 15) is 9.59 Å². The molecule has 0 aliphatic carbocycles. The Labute approximate surface area is 385 Å². The predicted octanol–water partition coefficient (Wildman–Crippen LogP) is 6.87. The second-order valence-corrected chi connectivity index (χ2v) is 15.4. The average Bonchev–Trinajstić information content (AvgIpc) is 3.77. The quantitative estimate of drug-likeness (QED) is 0.109. The van der Waals surface area contributed by atoms with Crippen molar-refractivity contribution in [1.82, 2.24) is 39.5 Å². The number of methoxy groups -OCH3 is 4. The summed E-state index contributed by atoms with van der Waals surface area (Å²) >= 11 is 26.0. The molecule has 2 aliphatic heterocycles. The molecule has 4 aromatic heterocycles. The number of aryl methyl sites for hydroxylation is 2. The van der Waals surface area contributed by atoms with Crippen molar-refractivity contribution >= 4 is 116 Å². The van der Waals surface area contributed by atoms with Gasteiger partial charge in [-0.25, -0.2) is 19.6 Å². The van der Waals surface area contributed by atoms with Crippen LogP contribution in [0.3, 0.4) is 0 Å². The van der Waals surface area contributed by atoms with Crippen LogP contribution in [0.1, 0.15) is 11.1 Å². The van der Waals surface area contributed by atoms with Crippen LogP contribution >= 0.6 is 46.4 Å². The molecule has 6 aromatic rings. The molecule has 0 radical (unpaired) electrons. The molecule has 4 amide bonds. The standard InChI is InChI=1S/2C19H20Cl2N8O3/c1-27-17-9(6-23-18(26-17)25-10-7-24-28(2)16(10)22)8-29(19(27)30)15-13(20)11(31-3)5-12(32-4)14(15)21;1-27-8-10(16(22)26-27)24-18-23-6-9-7-29(19(30)28(2)17(9)25-18)15-13(20)11(31-3)5-12(32-4)14(15)21/h5-7H,8,22H2,1-4H3,(H,23,25,26);5-6,8H,7H2,1-4H3,(H2,22,26)(H,23,24,25). The normalized spacial score (nSPS) is 13.2. The molecule has 64 heavy (non-hydrogen) atoms. The first kappa shape index (κ1) is 45.2. The van der Waals surface area contributed by atoms with Crippen LogP contribution in [0.2, 0.25) is 20.1 Å². The number of halogens is 4. The molecule has 0 saturated heterocycles. The van der Waals surface area contributed by atoms with E-state index in [-0.39, 0.29) is 68.5 Å². The maximum absolute atomic E-state index is 13.3. The molecule has 6 heterocycles. The number of amides is 4. The van der Waals surface area contributed by atoms with Gasteiger partial charge in [0.2, 0.25) is 11.9 Å². The highest BCUT2D eigenvalue weighted by molar-refractivity contribution is 6.43. The maximum Gasteiger partial charge on any atom is 0.330 e. The van der Waals surface area contributed by atoms with Crippen LogP contribution in [0.4, 0.5) is 67.5 Å². The second kappa shape index (κ2) is 18.1. The van der Waals surface area contributed by atoms with Crippen molar-refractivity contribution in [2.75, 3.05) is 84.2 Å². The lowest BCUT2D eigenvalue weighted by atomic mass is 10.2. The number of nitrogens with two attached hydrogens (primary N) is 2. The molecule has 0 unspecified atom stereocenters. The average molecular weight is 959 g/mol. The molecule has 336 valence electrons. The van der Waals surface area contributed by atoms with Crippen molar-refractivity contribution in [2.45, 2.75) is 13.1 Å². The molecule has 0 spiro atoms. The summed E-state index contributed by atoms with van der Waals surface area (Å²) < 4.78 is 24.4. The minimum absolute atomic E-state index is 0.142. The van der Waals surface area contributed by atoms with Crippen molar-refractivity contribution in [2.24, 2.45) is 14.1 Å². The lowest BCUT2D eigenvalue weighted by Gasteiger charge is -2.35. The number of benzene rings is 2. The number of fused-ring (bicyclic) bond motifs is 2. The van der Waals surface area contributed by atoms with Gasteiger partial charge >= 0.3 is 12.1 Å². The van der Waals surface area contributed by atoms with Crippen LogP contribution in [0.15, 0.2) is 36.9 Å². The zero-order valence-electron chi connectivity index (χ0n) is 35.4. The van der Waals surface area contributed by atoms with Gasteiger partial charge in [-0.2, -0.15) is 20.2 Å². The molecule has 0 atom stereocenters. The third kappa shape index (κ3) is 8.22. The number of nitrogens with one attached hydrogen (secondary N) is 2. The number of carbonyl (C=O) groups is 2. The summed E-state index contributed by atoms with van der Waals surface area (Å²) in [5.74, 6) is 3.47. The monoisotopic (exact) mass is 956 g/mol. The Balaban J connectivity index is 0.000000191. The van der Waals surface area contributed by atoms with Crippen molar-refractivity contribution in [3.8, 4) is 23.0 Å². The molecule has 22 nitrogen and oxygen atoms in total. The number of nitrogen functional groups attached to an aromatic ring is 2. The second-order valence-electron chi connectivity index (χ2n) is 13.9. The van der Waals surface area contributed by atoms with E-state index in [1.165, 1.54) is 52.7 Å². The zero-order valence-corrected chi connectivity index (χ0v) is 38.4. The Hall–Kier alpha value is -6.88. The third-order valence-electron chi connectivity index (χ3n) is 9.99. The van der Waals surface area contributed by atoms with E-state index in [0.717, 1.165) is 0 Å². The zero-order chi connectivity index (χ0) is 46.3. The van der Waals surface area contributed by atoms with Gasteiger partial charge in [-0.15, -0.1) is 0 Å². The number of anilines is 10. The number of ether oxygens (including phenoxy) is 4. The molecule has 0 fully saturated rings. The van der Waals surface area contributed by atoms with Crippen LogP contribution in [0, 0.1) is 0 Å². The van der Waals surface area contributed by atoms with E-state index in [4.69, 9.17) is 76.8 Å². The molecule has 0 bridgehead atoms. The molecular formula is C38H40Cl4N16O6. The summed E-state index contributed by atoms with van der Waals surface area (Å²) in [5.41, 5.74) is 14.9. The highest BCUT2D eigenvalue weighted by Crippen LogP contribution is 2.49. The first-order valence-corrected chi connectivity index (χ1v) is 20.2. The van der Waals surface area contributed by atoms with E-state index in [0.29, 0.717) is 68.8 Å². The number of hydrogen-bond acceptors (Lipinski definition) is 16. The van der Waals surface area contributed by atoms with Gasteiger partial charge in [0.05, 0.1) is 65.3 Å². The Bertz CT molecular complexity index is 2610. The van der Waals surface area contributed by atoms with Crippen molar-refractivity contribution in [3.05, 3.63) is 68.1 Å². The molecule has 2 aliphatic rings. The van der Waals surface area contributed by atoms with Gasteiger partial charge in [0, 0.05) is 63.8 Å². The summed E-state index contributed by atoms with van der Waals surface area (Å²) in [6.45, 7) is 0.285. The summed E-state index contributed by atoms with van der Waals surface area (Å²) in [6.07, 6.45) is 6.50. The first-order chi connectivity index (χ1) is 30.5. The Morgan fingerprint density at radius 3 is 1.38 bits per heavy atom. The van der Waals surface area contributed by atoms with E-state index in [1.807, 2.05) is 0 Å². The van der Waals surface area contributed by atoms with Crippen LogP contribution in [-0.4, -0.2) is 94.1 Å². The maximum atomic E-state index is 13.3. The summed E-state index contributed by atoms with van der Waals surface area (Å²) in [7, 11) is 12.5. The van der Waals surface area contributed by atoms with Crippen LogP contribution in [0.5, 0.6) is 23.0 Å². The largest absolute Gasteiger partial charge is 0.495 e. The summed E-state index contributed by atoms with van der Waals surface area (Å²) in [4.78, 5) is 49.8. The topological polar surface area (TPSA) is 247 Å². The van der Waals surface area contributed by atoms with E-state index >= 15 is 0 Å². The lowest BCUT2D eigenvalue weighted by molar-refractivity contribution is 0.250. The third-order valence-corrected chi connectivity index (χ3v) is 11.4. The predicted molar refractivity (Wildman–Crippen MR) is 245 cm³/mol. The van der Waals surface area contributed by atoms with Gasteiger partial charge < -0.3 is 41.0 Å². The first-order valence-electron chi connectivity index (χ1n) is 18.6.